The maximum Gasteiger partial charge on any atom is 0.433 e. The molecule has 33 heavy (non-hydrogen) atoms. The van der Waals surface area contributed by atoms with E-state index in [2.05, 4.69) is 20.1 Å². The van der Waals surface area contributed by atoms with Crippen LogP contribution in [0.2, 0.25) is 0 Å². The molecule has 0 aromatic carbocycles. The molecular weight excluding hydrogens is 459 g/mol. The van der Waals surface area contributed by atoms with Gasteiger partial charge in [0.05, 0.1) is 45.3 Å². The molecule has 13 heteroatoms. The average molecular weight is 475 g/mol. The third-order valence-corrected chi connectivity index (χ3v) is 6.79. The molecule has 0 N–H and O–H groups in total. The first kappa shape index (κ1) is 22.4. The summed E-state index contributed by atoms with van der Waals surface area (Å²) in [6.07, 6.45) is -1.93. The van der Waals surface area contributed by atoms with E-state index in [4.69, 9.17) is 5.26 Å². The van der Waals surface area contributed by atoms with Gasteiger partial charge in [-0.05, 0) is 25.1 Å². The Morgan fingerprint density at radius 1 is 1.18 bits per heavy atom. The number of alkyl halides is 3. The van der Waals surface area contributed by atoms with Crippen molar-refractivity contribution in [3.05, 3.63) is 47.5 Å². The zero-order chi connectivity index (χ0) is 24.1. The Morgan fingerprint density at radius 3 is 2.52 bits per heavy atom. The van der Waals surface area contributed by atoms with E-state index in [1.54, 1.807) is 7.05 Å². The summed E-state index contributed by atoms with van der Waals surface area (Å²) >= 11 is 0. The van der Waals surface area contributed by atoms with Gasteiger partial charge in [0.2, 0.25) is 0 Å². The first-order chi connectivity index (χ1) is 15.5. The number of hydrogen-bond acceptors (Lipinski definition) is 7. The number of hydrogen-bond donors (Lipinski definition) is 0. The van der Waals surface area contributed by atoms with Crippen molar-refractivity contribution in [2.24, 2.45) is 7.05 Å². The van der Waals surface area contributed by atoms with Crippen molar-refractivity contribution in [1.82, 2.24) is 29.3 Å². The predicted octanol–water partition coefficient (Wildman–Crippen LogP) is 3.21. The molecule has 0 radical (unpaired) electrons. The van der Waals surface area contributed by atoms with E-state index in [1.165, 1.54) is 47.6 Å². The number of aromatic nitrogens is 6. The van der Waals surface area contributed by atoms with Crippen LogP contribution in [0.15, 0.2) is 35.5 Å². The van der Waals surface area contributed by atoms with Gasteiger partial charge in [-0.2, -0.15) is 23.5 Å². The van der Waals surface area contributed by atoms with Crippen LogP contribution in [0.1, 0.15) is 23.9 Å². The van der Waals surface area contributed by atoms with Crippen LogP contribution in [-0.2, 0) is 23.1 Å². The Kier molecular flexibility index (Phi) is 5.20. The van der Waals surface area contributed by atoms with Gasteiger partial charge in [-0.3, -0.25) is 0 Å². The van der Waals surface area contributed by atoms with Crippen molar-refractivity contribution < 1.29 is 21.6 Å². The van der Waals surface area contributed by atoms with E-state index in [9.17, 15) is 21.6 Å². The molecule has 9 nitrogen and oxygen atoms in total. The largest absolute Gasteiger partial charge is 0.433 e. The molecular formula is C20H16F3N7O2S. The smallest absolute Gasteiger partial charge is 0.324 e. The van der Waals surface area contributed by atoms with Crippen LogP contribution >= 0.6 is 0 Å². The molecule has 0 saturated carbocycles. The maximum atomic E-state index is 13.2. The third-order valence-electron chi connectivity index (χ3n) is 5.03. The van der Waals surface area contributed by atoms with Gasteiger partial charge in [0.25, 0.3) is 0 Å². The van der Waals surface area contributed by atoms with Gasteiger partial charge in [-0.15, -0.1) is 0 Å². The molecule has 4 aromatic heterocycles. The second kappa shape index (κ2) is 7.66. The van der Waals surface area contributed by atoms with Crippen LogP contribution in [0.25, 0.3) is 28.4 Å². The standard InChI is InChI=1S/C20H16F3N7O2S/c1-4-33(31,32)14-5-6-16(30-10-12(8-24)9-25-30)28-17(14)19-27-13-7-15(20(21,22)23)26-11(2)18(13)29(19)3/h5-7,9-10H,4H2,1-3H3. The number of imidazole rings is 1. The Balaban J connectivity index is 2.02. The van der Waals surface area contributed by atoms with Gasteiger partial charge in [-0.25, -0.2) is 28.1 Å². The molecule has 0 amide bonds. The second-order valence-electron chi connectivity index (χ2n) is 7.16. The van der Waals surface area contributed by atoms with Gasteiger partial charge >= 0.3 is 6.18 Å². The molecule has 170 valence electrons. The summed E-state index contributed by atoms with van der Waals surface area (Å²) in [6, 6.07) is 5.52. The van der Waals surface area contributed by atoms with Crippen molar-refractivity contribution >= 4 is 20.9 Å². The number of sulfone groups is 1. The molecule has 4 aromatic rings. The van der Waals surface area contributed by atoms with E-state index in [1.807, 2.05) is 6.07 Å². The van der Waals surface area contributed by atoms with Crippen LogP contribution in [0.4, 0.5) is 13.2 Å². The fourth-order valence-corrected chi connectivity index (χ4v) is 4.45. The molecule has 0 spiro atoms. The molecule has 0 aliphatic carbocycles. The summed E-state index contributed by atoms with van der Waals surface area (Å²) in [5.41, 5.74) is -0.465. The normalized spacial score (nSPS) is 12.3. The second-order valence-corrected chi connectivity index (χ2v) is 9.40. The maximum absolute atomic E-state index is 13.2. The molecule has 0 bridgehead atoms. The lowest BCUT2D eigenvalue weighted by Gasteiger charge is -2.11. The monoisotopic (exact) mass is 475 g/mol. The molecule has 0 saturated heterocycles. The Hall–Kier alpha value is -3.79. The number of rotatable bonds is 4. The Labute approximate surface area is 186 Å². The van der Waals surface area contributed by atoms with Gasteiger partial charge in [0.1, 0.15) is 17.5 Å². The number of fused-ring (bicyclic) bond motifs is 1. The number of halogens is 3. The number of pyridine rings is 2. The van der Waals surface area contributed by atoms with E-state index in [-0.39, 0.29) is 44.8 Å². The van der Waals surface area contributed by atoms with Gasteiger partial charge < -0.3 is 4.57 Å². The first-order valence-corrected chi connectivity index (χ1v) is 11.2. The highest BCUT2D eigenvalue weighted by Gasteiger charge is 2.34. The summed E-state index contributed by atoms with van der Waals surface area (Å²) in [5.74, 6) is 0.0413. The lowest BCUT2D eigenvalue weighted by Crippen LogP contribution is -2.11. The summed E-state index contributed by atoms with van der Waals surface area (Å²) in [4.78, 5) is 12.2. The van der Waals surface area contributed by atoms with Crippen molar-refractivity contribution in [2.75, 3.05) is 5.75 Å². The fourth-order valence-electron chi connectivity index (χ4n) is 3.44. The summed E-state index contributed by atoms with van der Waals surface area (Å²) in [5, 5.41) is 13.1. The van der Waals surface area contributed by atoms with E-state index >= 15 is 0 Å². The molecule has 4 rings (SSSR count). The van der Waals surface area contributed by atoms with Gasteiger partial charge in [0.15, 0.2) is 21.5 Å². The first-order valence-electron chi connectivity index (χ1n) is 9.57. The highest BCUT2D eigenvalue weighted by atomic mass is 32.2. The van der Waals surface area contributed by atoms with Crippen molar-refractivity contribution in [2.45, 2.75) is 24.9 Å². The topological polar surface area (TPSA) is 119 Å². The lowest BCUT2D eigenvalue weighted by molar-refractivity contribution is -0.141. The molecule has 0 unspecified atom stereocenters. The van der Waals surface area contributed by atoms with Gasteiger partial charge in [0, 0.05) is 7.05 Å². The van der Waals surface area contributed by atoms with Crippen molar-refractivity contribution in [1.29, 1.82) is 5.26 Å². The number of nitriles is 1. The van der Waals surface area contributed by atoms with E-state index < -0.39 is 21.7 Å². The van der Waals surface area contributed by atoms with Crippen LogP contribution in [0.3, 0.4) is 0 Å². The molecule has 0 aliphatic heterocycles. The average Bonchev–Trinajstić information content (AvgIpc) is 3.37. The fraction of sp³-hybridized carbons (Fsp3) is 0.250. The molecule has 0 aliphatic rings. The minimum atomic E-state index is -4.66. The van der Waals surface area contributed by atoms with Gasteiger partial charge in [-0.1, -0.05) is 6.92 Å². The summed E-state index contributed by atoms with van der Waals surface area (Å²) in [7, 11) is -2.22. The van der Waals surface area contributed by atoms with Crippen molar-refractivity contribution in [3.63, 3.8) is 0 Å². The Morgan fingerprint density at radius 2 is 1.91 bits per heavy atom. The zero-order valence-corrected chi connectivity index (χ0v) is 18.4. The zero-order valence-electron chi connectivity index (χ0n) is 17.6. The summed E-state index contributed by atoms with van der Waals surface area (Å²) < 4.78 is 68.0. The molecule has 0 fully saturated rings. The Bertz CT molecular complexity index is 1550. The third kappa shape index (κ3) is 3.82. The highest BCUT2D eigenvalue weighted by molar-refractivity contribution is 7.91. The predicted molar refractivity (Wildman–Crippen MR) is 111 cm³/mol. The molecule has 0 atom stereocenters. The quantitative estimate of drug-likeness (QED) is 0.445. The lowest BCUT2D eigenvalue weighted by atomic mass is 10.2. The minimum absolute atomic E-state index is 0.00484. The van der Waals surface area contributed by atoms with E-state index in [0.717, 1.165) is 6.07 Å². The van der Waals surface area contributed by atoms with Crippen molar-refractivity contribution in [3.8, 4) is 23.4 Å². The van der Waals surface area contributed by atoms with Crippen LogP contribution in [0, 0.1) is 18.3 Å². The molecule has 4 heterocycles. The SMILES string of the molecule is CCS(=O)(=O)c1ccc(-n2cc(C#N)cn2)nc1-c1nc2cc(C(F)(F)F)nc(C)c2n1C. The van der Waals surface area contributed by atoms with E-state index in [0.29, 0.717) is 5.52 Å². The minimum Gasteiger partial charge on any atom is -0.324 e. The van der Waals surface area contributed by atoms with Crippen LogP contribution < -0.4 is 0 Å². The summed E-state index contributed by atoms with van der Waals surface area (Å²) in [6.45, 7) is 2.89. The number of nitrogens with zero attached hydrogens (tertiary/aromatic N) is 7. The van der Waals surface area contributed by atoms with Crippen LogP contribution in [-0.4, -0.2) is 43.5 Å². The van der Waals surface area contributed by atoms with Crippen LogP contribution in [0.5, 0.6) is 0 Å². The number of aryl methyl sites for hydroxylation is 2. The highest BCUT2D eigenvalue weighted by Crippen LogP contribution is 2.34.